The molecular formula is C20H23N3O8. The Morgan fingerprint density at radius 2 is 1.74 bits per heavy atom. The van der Waals surface area contributed by atoms with E-state index in [9.17, 15) is 39.9 Å². The van der Waals surface area contributed by atoms with Crippen molar-refractivity contribution >= 4 is 17.5 Å². The van der Waals surface area contributed by atoms with Gasteiger partial charge in [-0.2, -0.15) is 0 Å². The van der Waals surface area contributed by atoms with Crippen LogP contribution >= 0.6 is 0 Å². The number of amides is 1. The summed E-state index contributed by atoms with van der Waals surface area (Å²) < 4.78 is 0. The number of fused-ring (bicyclic) bond motifs is 2. The summed E-state index contributed by atoms with van der Waals surface area (Å²) in [6, 6.07) is -1.53. The van der Waals surface area contributed by atoms with Crippen LogP contribution in [0.15, 0.2) is 58.4 Å². The molecule has 3 rings (SSSR count). The van der Waals surface area contributed by atoms with Gasteiger partial charge in [0.1, 0.15) is 22.9 Å². The average molecular weight is 433 g/mol. The first-order valence-corrected chi connectivity index (χ1v) is 9.17. The van der Waals surface area contributed by atoms with Gasteiger partial charge in [-0.3, -0.25) is 14.4 Å². The molecule has 0 aliphatic heterocycles. The average Bonchev–Trinajstić information content (AvgIpc) is 2.67. The van der Waals surface area contributed by atoms with Crippen molar-refractivity contribution in [3.05, 3.63) is 58.4 Å². The predicted molar refractivity (Wildman–Crippen MR) is 106 cm³/mol. The summed E-state index contributed by atoms with van der Waals surface area (Å²) in [7, 11) is 0. The summed E-state index contributed by atoms with van der Waals surface area (Å²) in [6.07, 6.45) is -0.588. The van der Waals surface area contributed by atoms with E-state index in [0.717, 1.165) is 0 Å². The Hall–Kier alpha value is -3.41. The smallest absolute Gasteiger partial charge is 0.255 e. The van der Waals surface area contributed by atoms with E-state index in [2.05, 4.69) is 13.2 Å². The maximum Gasteiger partial charge on any atom is 0.255 e. The minimum Gasteiger partial charge on any atom is -0.510 e. The van der Waals surface area contributed by atoms with Crippen LogP contribution in [0.1, 0.15) is 12.8 Å². The van der Waals surface area contributed by atoms with Gasteiger partial charge in [-0.15, -0.1) is 0 Å². The lowest BCUT2D eigenvalue weighted by atomic mass is 9.53. The Morgan fingerprint density at radius 3 is 2.19 bits per heavy atom. The van der Waals surface area contributed by atoms with Crippen LogP contribution in [0.2, 0.25) is 0 Å². The highest BCUT2D eigenvalue weighted by Gasteiger charge is 2.65. The number of aliphatic hydroxyl groups is 5. The molecule has 166 valence electrons. The van der Waals surface area contributed by atoms with E-state index in [-0.39, 0.29) is 24.1 Å². The van der Waals surface area contributed by atoms with Gasteiger partial charge in [0.25, 0.3) is 5.91 Å². The number of ketones is 2. The summed E-state index contributed by atoms with van der Waals surface area (Å²) >= 11 is 0. The maximum atomic E-state index is 13.3. The van der Waals surface area contributed by atoms with E-state index < -0.39 is 81.1 Å². The van der Waals surface area contributed by atoms with Gasteiger partial charge < -0.3 is 42.7 Å². The zero-order chi connectivity index (χ0) is 23.6. The highest BCUT2D eigenvalue weighted by atomic mass is 16.3. The highest BCUT2D eigenvalue weighted by Crippen LogP contribution is 2.57. The molecule has 0 bridgehead atoms. The third-order valence-corrected chi connectivity index (χ3v) is 6.35. The molecule has 0 aromatic rings. The Balaban J connectivity index is 2.38. The molecule has 4 atom stereocenters. The molecule has 3 aliphatic rings. The number of carbonyl (C=O) groups is 3. The van der Waals surface area contributed by atoms with Crippen molar-refractivity contribution in [2.45, 2.75) is 24.5 Å². The molecule has 11 N–H and O–H groups in total. The molecule has 0 aromatic heterocycles. The van der Waals surface area contributed by atoms with E-state index in [0.29, 0.717) is 0 Å². The van der Waals surface area contributed by atoms with Crippen molar-refractivity contribution in [3.8, 4) is 0 Å². The van der Waals surface area contributed by atoms with Gasteiger partial charge in [0.05, 0.1) is 23.8 Å². The largest absolute Gasteiger partial charge is 0.510 e. The predicted octanol–water partition coefficient (Wildman–Crippen LogP) is -1.45. The number of aliphatic hydroxyl groups excluding tert-OH is 4. The lowest BCUT2D eigenvalue weighted by Crippen LogP contribution is -2.65. The Labute approximate surface area is 176 Å². The summed E-state index contributed by atoms with van der Waals surface area (Å²) in [5.74, 6) is -8.03. The van der Waals surface area contributed by atoms with Gasteiger partial charge in [0, 0.05) is 17.0 Å². The summed E-state index contributed by atoms with van der Waals surface area (Å²) in [5, 5.41) is 52.7. The first-order chi connectivity index (χ1) is 14.3. The SMILES string of the molecule is C=C(N)C1=C(C(=C)O)C(=O)C2=C(O)[C@]3(O)C(=O)C(C(N)=O)=C(O)[C@@H](N)[C@@H]3C[C@]2(CO)C1. The molecule has 11 nitrogen and oxygen atoms in total. The third-order valence-electron chi connectivity index (χ3n) is 6.35. The Morgan fingerprint density at radius 1 is 1.16 bits per heavy atom. The van der Waals surface area contributed by atoms with Gasteiger partial charge in [0.15, 0.2) is 11.4 Å². The van der Waals surface area contributed by atoms with Gasteiger partial charge in [-0.1, -0.05) is 13.2 Å². The Bertz CT molecular complexity index is 1070. The molecular weight excluding hydrogens is 410 g/mol. The second kappa shape index (κ2) is 6.80. The number of carbonyl (C=O) groups excluding carboxylic acids is 3. The quantitative estimate of drug-likeness (QED) is 0.190. The van der Waals surface area contributed by atoms with Gasteiger partial charge >= 0.3 is 0 Å². The Kier molecular flexibility index (Phi) is 4.89. The van der Waals surface area contributed by atoms with Gasteiger partial charge in [-0.05, 0) is 18.4 Å². The van der Waals surface area contributed by atoms with Crippen molar-refractivity contribution in [2.75, 3.05) is 6.61 Å². The van der Waals surface area contributed by atoms with E-state index in [1.165, 1.54) is 0 Å². The minimum atomic E-state index is -2.88. The first kappa shape index (κ1) is 22.3. The summed E-state index contributed by atoms with van der Waals surface area (Å²) in [6.45, 7) is 6.12. The number of primary amides is 1. The van der Waals surface area contributed by atoms with Crippen molar-refractivity contribution in [1.29, 1.82) is 0 Å². The molecule has 1 amide bonds. The molecule has 0 unspecified atom stereocenters. The monoisotopic (exact) mass is 433 g/mol. The molecule has 0 saturated heterocycles. The second-order valence-electron chi connectivity index (χ2n) is 8.05. The lowest BCUT2D eigenvalue weighted by Gasteiger charge is -2.52. The summed E-state index contributed by atoms with van der Waals surface area (Å²) in [5.41, 5.74) is 10.4. The highest BCUT2D eigenvalue weighted by molar-refractivity contribution is 6.24. The number of Topliss-reactive ketones (excluding diaryl/α,β-unsaturated/α-hetero) is 2. The normalized spacial score (nSPS) is 33.3. The zero-order valence-electron chi connectivity index (χ0n) is 16.4. The second-order valence-corrected chi connectivity index (χ2v) is 8.05. The van der Waals surface area contributed by atoms with Gasteiger partial charge in [0.2, 0.25) is 5.78 Å². The fourth-order valence-corrected chi connectivity index (χ4v) is 4.83. The number of allylic oxidation sites excluding steroid dienone is 2. The van der Waals surface area contributed by atoms with E-state index in [4.69, 9.17) is 17.2 Å². The molecule has 0 saturated carbocycles. The molecule has 0 radical (unpaired) electrons. The van der Waals surface area contributed by atoms with Crippen molar-refractivity contribution < 1.29 is 39.9 Å². The fourth-order valence-electron chi connectivity index (χ4n) is 4.83. The molecule has 11 heteroatoms. The fraction of sp³-hybridized carbons (Fsp3) is 0.350. The van der Waals surface area contributed by atoms with Crippen LogP contribution < -0.4 is 17.2 Å². The summed E-state index contributed by atoms with van der Waals surface area (Å²) in [4.78, 5) is 37.9. The first-order valence-electron chi connectivity index (χ1n) is 9.17. The number of hydrogen-bond donors (Lipinski definition) is 8. The van der Waals surface area contributed by atoms with Crippen LogP contribution in [0.5, 0.6) is 0 Å². The number of hydrogen-bond acceptors (Lipinski definition) is 10. The van der Waals surface area contributed by atoms with E-state index >= 15 is 0 Å². The van der Waals surface area contributed by atoms with E-state index in [1.807, 2.05) is 0 Å². The van der Waals surface area contributed by atoms with Crippen molar-refractivity contribution in [1.82, 2.24) is 0 Å². The molecule has 0 aromatic carbocycles. The van der Waals surface area contributed by atoms with Crippen LogP contribution in [0.3, 0.4) is 0 Å². The maximum absolute atomic E-state index is 13.3. The van der Waals surface area contributed by atoms with Crippen LogP contribution in [0.25, 0.3) is 0 Å². The molecule has 0 spiro atoms. The van der Waals surface area contributed by atoms with Crippen molar-refractivity contribution in [3.63, 3.8) is 0 Å². The molecule has 3 aliphatic carbocycles. The number of rotatable bonds is 4. The zero-order valence-corrected chi connectivity index (χ0v) is 16.4. The minimum absolute atomic E-state index is 0.0573. The van der Waals surface area contributed by atoms with Crippen LogP contribution in [-0.2, 0) is 14.4 Å². The number of nitrogens with two attached hydrogens (primary N) is 3. The van der Waals surface area contributed by atoms with E-state index in [1.54, 1.807) is 0 Å². The van der Waals surface area contributed by atoms with Gasteiger partial charge in [-0.25, -0.2) is 0 Å². The van der Waals surface area contributed by atoms with Crippen LogP contribution in [-0.4, -0.2) is 61.3 Å². The molecule has 0 fully saturated rings. The molecule has 0 heterocycles. The standard InChI is InChI=1S/C20H23N3O8/c1-6(21)8-3-19(5-24)4-9-13(22)15(27)11(18(23)30)16(28)20(9,31)17(29)12(19)14(26)10(8)7(2)25/h9,13,24-25,27,29,31H,1-5,21-22H2,(H2,23,30)/t9-,13-,19-,20+/m0/s1. The lowest BCUT2D eigenvalue weighted by molar-refractivity contribution is -0.148. The van der Waals surface area contributed by atoms with Crippen LogP contribution in [0.4, 0.5) is 0 Å². The van der Waals surface area contributed by atoms with Crippen molar-refractivity contribution in [2.24, 2.45) is 28.5 Å². The topological polar surface area (TPSA) is 230 Å². The third kappa shape index (κ3) is 2.67. The molecule has 31 heavy (non-hydrogen) atoms. The van der Waals surface area contributed by atoms with Crippen LogP contribution in [0, 0.1) is 11.3 Å².